The lowest BCUT2D eigenvalue weighted by atomic mass is 10.1. The number of carbonyl (C=O) groups excluding carboxylic acids is 2. The van der Waals surface area contributed by atoms with Gasteiger partial charge >= 0.3 is 0 Å². The molecule has 2 aliphatic heterocycles. The first kappa shape index (κ1) is 19.3. The van der Waals surface area contributed by atoms with E-state index in [1.807, 2.05) is 54.6 Å². The molecule has 0 unspecified atom stereocenters. The maximum absolute atomic E-state index is 12.4. The standard InChI is InChI=1S/C23H22N4O4/c28-20-11-6-12-26(20)15-21(29)27-13-17(14-27)30-19-10-5-4-9-18(19)23-24-22(25-31-23)16-7-2-1-3-8-16/h1-5,7-10,17H,6,11-15H2. The number of para-hydroxylation sites is 1. The van der Waals surface area contributed by atoms with E-state index in [1.165, 1.54) is 0 Å². The third-order valence-corrected chi connectivity index (χ3v) is 5.57. The lowest BCUT2D eigenvalue weighted by molar-refractivity contribution is -0.144. The van der Waals surface area contributed by atoms with Crippen molar-refractivity contribution in [3.8, 4) is 28.6 Å². The highest BCUT2D eigenvalue weighted by Gasteiger charge is 2.34. The minimum atomic E-state index is -0.115. The van der Waals surface area contributed by atoms with E-state index < -0.39 is 0 Å². The smallest absolute Gasteiger partial charge is 0.262 e. The fourth-order valence-corrected chi connectivity index (χ4v) is 3.81. The van der Waals surface area contributed by atoms with Crippen LogP contribution in [0.2, 0.25) is 0 Å². The molecule has 0 saturated carbocycles. The summed E-state index contributed by atoms with van der Waals surface area (Å²) in [5.74, 6) is 1.56. The number of hydrogen-bond acceptors (Lipinski definition) is 6. The molecule has 3 heterocycles. The second-order valence-corrected chi connectivity index (χ2v) is 7.74. The van der Waals surface area contributed by atoms with E-state index in [1.54, 1.807) is 9.80 Å². The first-order valence-corrected chi connectivity index (χ1v) is 10.4. The van der Waals surface area contributed by atoms with Crippen LogP contribution in [0.1, 0.15) is 12.8 Å². The third kappa shape index (κ3) is 4.01. The zero-order valence-corrected chi connectivity index (χ0v) is 16.9. The quantitative estimate of drug-likeness (QED) is 0.611. The fraction of sp³-hybridized carbons (Fsp3) is 0.304. The minimum absolute atomic E-state index is 0.0345. The van der Waals surface area contributed by atoms with Crippen LogP contribution in [0.15, 0.2) is 59.1 Å². The van der Waals surface area contributed by atoms with Gasteiger partial charge in [0.05, 0.1) is 25.2 Å². The number of benzene rings is 2. The minimum Gasteiger partial charge on any atom is -0.486 e. The van der Waals surface area contributed by atoms with Crippen LogP contribution < -0.4 is 4.74 Å². The number of carbonyl (C=O) groups is 2. The Morgan fingerprint density at radius 1 is 1.10 bits per heavy atom. The SMILES string of the molecule is O=C1CCCN1CC(=O)N1CC(Oc2ccccc2-c2nc(-c3ccccc3)no2)C1. The van der Waals surface area contributed by atoms with Crippen molar-refractivity contribution in [3.63, 3.8) is 0 Å². The van der Waals surface area contributed by atoms with Gasteiger partial charge in [-0.15, -0.1) is 0 Å². The normalized spacial score (nSPS) is 16.5. The average molecular weight is 418 g/mol. The van der Waals surface area contributed by atoms with E-state index in [0.717, 1.165) is 12.0 Å². The summed E-state index contributed by atoms with van der Waals surface area (Å²) in [7, 11) is 0. The van der Waals surface area contributed by atoms with Crippen LogP contribution in [0.3, 0.4) is 0 Å². The zero-order valence-electron chi connectivity index (χ0n) is 16.9. The van der Waals surface area contributed by atoms with Crippen LogP contribution in [0, 0.1) is 0 Å². The summed E-state index contributed by atoms with van der Waals surface area (Å²) in [6.07, 6.45) is 1.25. The molecule has 3 aromatic rings. The molecule has 0 N–H and O–H groups in total. The summed E-state index contributed by atoms with van der Waals surface area (Å²) in [6, 6.07) is 17.1. The predicted octanol–water partition coefficient (Wildman–Crippen LogP) is 2.62. The summed E-state index contributed by atoms with van der Waals surface area (Å²) < 4.78 is 11.6. The van der Waals surface area contributed by atoms with E-state index in [9.17, 15) is 9.59 Å². The molecule has 158 valence electrons. The summed E-state index contributed by atoms with van der Waals surface area (Å²) in [6.45, 7) is 1.82. The second-order valence-electron chi connectivity index (χ2n) is 7.74. The Kier molecular flexibility index (Phi) is 5.11. The van der Waals surface area contributed by atoms with Crippen molar-refractivity contribution in [1.29, 1.82) is 0 Å². The van der Waals surface area contributed by atoms with E-state index in [0.29, 0.717) is 49.1 Å². The van der Waals surface area contributed by atoms with Crippen molar-refractivity contribution in [2.45, 2.75) is 18.9 Å². The van der Waals surface area contributed by atoms with Crippen LogP contribution >= 0.6 is 0 Å². The number of hydrogen-bond donors (Lipinski definition) is 0. The highest BCUT2D eigenvalue weighted by Crippen LogP contribution is 2.32. The molecule has 0 bridgehead atoms. The molecular formula is C23H22N4O4. The summed E-state index contributed by atoms with van der Waals surface area (Å²) >= 11 is 0. The molecule has 1 aromatic heterocycles. The van der Waals surface area contributed by atoms with Gasteiger partial charge in [0, 0.05) is 18.5 Å². The van der Waals surface area contributed by atoms with Gasteiger partial charge in [0.15, 0.2) is 0 Å². The molecular weight excluding hydrogens is 396 g/mol. The molecule has 2 aliphatic rings. The van der Waals surface area contributed by atoms with Gasteiger partial charge in [-0.2, -0.15) is 4.98 Å². The number of rotatable bonds is 6. The van der Waals surface area contributed by atoms with Crippen molar-refractivity contribution in [2.75, 3.05) is 26.2 Å². The lowest BCUT2D eigenvalue weighted by Crippen LogP contribution is -2.58. The van der Waals surface area contributed by atoms with E-state index in [2.05, 4.69) is 10.1 Å². The van der Waals surface area contributed by atoms with Gasteiger partial charge in [0.1, 0.15) is 11.9 Å². The molecule has 8 nitrogen and oxygen atoms in total. The summed E-state index contributed by atoms with van der Waals surface area (Å²) in [4.78, 5) is 32.0. The number of amides is 2. The number of ether oxygens (including phenoxy) is 1. The highest BCUT2D eigenvalue weighted by atomic mass is 16.5. The molecule has 0 aliphatic carbocycles. The third-order valence-electron chi connectivity index (χ3n) is 5.57. The van der Waals surface area contributed by atoms with Crippen molar-refractivity contribution in [2.24, 2.45) is 0 Å². The van der Waals surface area contributed by atoms with Gasteiger partial charge in [-0.05, 0) is 18.6 Å². The first-order chi connectivity index (χ1) is 15.2. The van der Waals surface area contributed by atoms with Crippen LogP contribution in [0.25, 0.3) is 22.8 Å². The lowest BCUT2D eigenvalue weighted by Gasteiger charge is -2.39. The van der Waals surface area contributed by atoms with Crippen molar-refractivity contribution < 1.29 is 18.8 Å². The maximum atomic E-state index is 12.4. The van der Waals surface area contributed by atoms with Gasteiger partial charge in [-0.3, -0.25) is 9.59 Å². The number of likely N-dealkylation sites (tertiary alicyclic amines) is 2. The highest BCUT2D eigenvalue weighted by molar-refractivity contribution is 5.86. The molecule has 0 spiro atoms. The molecule has 5 rings (SSSR count). The molecule has 8 heteroatoms. The maximum Gasteiger partial charge on any atom is 0.262 e. The van der Waals surface area contributed by atoms with Crippen LogP contribution in [0.5, 0.6) is 5.75 Å². The Morgan fingerprint density at radius 2 is 1.87 bits per heavy atom. The Morgan fingerprint density at radius 3 is 2.65 bits per heavy atom. The van der Waals surface area contributed by atoms with Gasteiger partial charge in [0.25, 0.3) is 5.89 Å². The van der Waals surface area contributed by atoms with Crippen LogP contribution in [-0.2, 0) is 9.59 Å². The largest absolute Gasteiger partial charge is 0.486 e. The Balaban J connectivity index is 1.23. The molecule has 2 saturated heterocycles. The first-order valence-electron chi connectivity index (χ1n) is 10.4. The van der Waals surface area contributed by atoms with Crippen LogP contribution in [-0.4, -0.2) is 64.0 Å². The van der Waals surface area contributed by atoms with E-state index in [4.69, 9.17) is 9.26 Å². The second kappa shape index (κ2) is 8.22. The summed E-state index contributed by atoms with van der Waals surface area (Å²) in [5.41, 5.74) is 1.59. The van der Waals surface area contributed by atoms with Crippen LogP contribution in [0.4, 0.5) is 0 Å². The molecule has 2 fully saturated rings. The van der Waals surface area contributed by atoms with Crippen molar-refractivity contribution in [1.82, 2.24) is 19.9 Å². The van der Waals surface area contributed by atoms with Crippen molar-refractivity contribution >= 4 is 11.8 Å². The van der Waals surface area contributed by atoms with Gasteiger partial charge in [0.2, 0.25) is 17.6 Å². The van der Waals surface area contributed by atoms with Gasteiger partial charge in [-0.1, -0.05) is 47.6 Å². The monoisotopic (exact) mass is 418 g/mol. The molecule has 31 heavy (non-hydrogen) atoms. The Bertz CT molecular complexity index is 1090. The van der Waals surface area contributed by atoms with E-state index >= 15 is 0 Å². The zero-order chi connectivity index (χ0) is 21.2. The number of nitrogens with zero attached hydrogens (tertiary/aromatic N) is 4. The molecule has 0 radical (unpaired) electrons. The van der Waals surface area contributed by atoms with Crippen molar-refractivity contribution in [3.05, 3.63) is 54.6 Å². The average Bonchev–Trinajstić information content (AvgIpc) is 3.41. The Hall–Kier alpha value is -3.68. The molecule has 2 amide bonds. The Labute approximate surface area is 179 Å². The van der Waals surface area contributed by atoms with Gasteiger partial charge < -0.3 is 19.1 Å². The fourth-order valence-electron chi connectivity index (χ4n) is 3.81. The predicted molar refractivity (Wildman–Crippen MR) is 112 cm³/mol. The molecule has 2 aromatic carbocycles. The number of aromatic nitrogens is 2. The van der Waals surface area contributed by atoms with E-state index in [-0.39, 0.29) is 24.5 Å². The topological polar surface area (TPSA) is 88.8 Å². The van der Waals surface area contributed by atoms with Gasteiger partial charge in [-0.25, -0.2) is 0 Å². The summed E-state index contributed by atoms with van der Waals surface area (Å²) in [5, 5.41) is 4.08. The molecule has 0 atom stereocenters.